The van der Waals surface area contributed by atoms with Gasteiger partial charge in [0, 0.05) is 17.5 Å². The molecule has 0 saturated heterocycles. The molecule has 0 radical (unpaired) electrons. The predicted molar refractivity (Wildman–Crippen MR) is 91.6 cm³/mol. The number of phosphoric acid groups is 1. The van der Waals surface area contributed by atoms with E-state index in [2.05, 4.69) is 20.1 Å². The van der Waals surface area contributed by atoms with Gasteiger partial charge < -0.3 is 9.79 Å². The number of phosphoric ester groups is 1. The first-order valence-corrected chi connectivity index (χ1v) is 9.65. The zero-order valence-electron chi connectivity index (χ0n) is 14.9. The highest BCUT2D eigenvalue weighted by atomic mass is 31.2. The zero-order valence-corrected chi connectivity index (χ0v) is 15.7. The van der Waals surface area contributed by atoms with Gasteiger partial charge in [-0.1, -0.05) is 13.0 Å². The molecule has 0 saturated carbocycles. The van der Waals surface area contributed by atoms with Crippen LogP contribution in [0, 0.1) is 17.5 Å². The average Bonchev–Trinajstić information content (AvgIpc) is 3.12. The number of halogens is 3. The Labute approximate surface area is 162 Å². The molecule has 2 heterocycles. The standard InChI is InChI=1S/C16H15F3N5O4P/c1-10(15-14(19)5-20-7-22-15)16(28-29(25,26)27,6-24-9-21-8-23-24)12-3-2-11(17)4-13(12)18/h2-5,7-10H,6H2,1H3,(H2,25,26,27)/t10-,16+/m0/s1. The van der Waals surface area contributed by atoms with Gasteiger partial charge in [-0.25, -0.2) is 37.4 Å². The molecule has 9 nitrogen and oxygen atoms in total. The lowest BCUT2D eigenvalue weighted by Gasteiger charge is -2.38. The molecular formula is C16H15F3N5O4P. The largest absolute Gasteiger partial charge is 0.470 e. The number of rotatable bonds is 7. The van der Waals surface area contributed by atoms with Crippen LogP contribution in [0.5, 0.6) is 0 Å². The minimum Gasteiger partial charge on any atom is -0.303 e. The van der Waals surface area contributed by atoms with Gasteiger partial charge in [0.05, 0.1) is 18.4 Å². The third-order valence-electron chi connectivity index (χ3n) is 4.34. The van der Waals surface area contributed by atoms with E-state index in [0.717, 1.165) is 35.7 Å². The van der Waals surface area contributed by atoms with Crippen molar-refractivity contribution < 1.29 is 32.0 Å². The maximum Gasteiger partial charge on any atom is 0.470 e. The van der Waals surface area contributed by atoms with Crippen molar-refractivity contribution in [3.05, 3.63) is 72.1 Å². The summed E-state index contributed by atoms with van der Waals surface area (Å²) in [6, 6.07) is 2.38. The summed E-state index contributed by atoms with van der Waals surface area (Å²) in [5.41, 5.74) is -2.96. The zero-order chi connectivity index (χ0) is 21.2. The van der Waals surface area contributed by atoms with Crippen LogP contribution in [0.4, 0.5) is 13.2 Å². The van der Waals surface area contributed by atoms with Gasteiger partial charge >= 0.3 is 7.82 Å². The second-order valence-electron chi connectivity index (χ2n) is 6.17. The Bertz CT molecular complexity index is 1050. The van der Waals surface area contributed by atoms with Crippen LogP contribution >= 0.6 is 7.82 Å². The van der Waals surface area contributed by atoms with E-state index in [1.165, 1.54) is 13.3 Å². The molecule has 2 aromatic heterocycles. The quantitative estimate of drug-likeness (QED) is 0.549. The molecule has 154 valence electrons. The molecule has 0 aliphatic rings. The van der Waals surface area contributed by atoms with Gasteiger partial charge in [-0.05, 0) is 6.07 Å². The Morgan fingerprint density at radius 2 is 1.97 bits per heavy atom. The lowest BCUT2D eigenvalue weighted by atomic mass is 9.79. The van der Waals surface area contributed by atoms with Gasteiger partial charge in [0.25, 0.3) is 0 Å². The normalized spacial score (nSPS) is 15.1. The molecule has 0 amide bonds. The van der Waals surface area contributed by atoms with Crippen LogP contribution in [-0.4, -0.2) is 34.5 Å². The maximum absolute atomic E-state index is 14.8. The van der Waals surface area contributed by atoms with Crippen molar-refractivity contribution >= 4 is 7.82 Å². The highest BCUT2D eigenvalue weighted by molar-refractivity contribution is 7.46. The summed E-state index contributed by atoms with van der Waals surface area (Å²) in [7, 11) is -5.28. The van der Waals surface area contributed by atoms with E-state index in [9.17, 15) is 27.5 Å². The van der Waals surface area contributed by atoms with Crippen LogP contribution in [-0.2, 0) is 21.2 Å². The van der Waals surface area contributed by atoms with Crippen LogP contribution in [0.1, 0.15) is 24.1 Å². The molecule has 13 heteroatoms. The molecule has 0 fully saturated rings. The summed E-state index contributed by atoms with van der Waals surface area (Å²) < 4.78 is 60.7. The van der Waals surface area contributed by atoms with E-state index in [-0.39, 0.29) is 5.69 Å². The summed E-state index contributed by atoms with van der Waals surface area (Å²) >= 11 is 0. The average molecular weight is 429 g/mol. The molecule has 1 aromatic carbocycles. The van der Waals surface area contributed by atoms with Gasteiger partial charge in [0.1, 0.15) is 36.2 Å². The molecule has 3 aromatic rings. The van der Waals surface area contributed by atoms with E-state index in [4.69, 9.17) is 4.52 Å². The molecule has 3 rings (SSSR count). The summed E-state index contributed by atoms with van der Waals surface area (Å²) in [6.07, 6.45) is 4.20. The molecule has 2 N–H and O–H groups in total. The van der Waals surface area contributed by atoms with Crippen LogP contribution in [0.25, 0.3) is 0 Å². The van der Waals surface area contributed by atoms with Gasteiger partial charge in [-0.3, -0.25) is 4.52 Å². The van der Waals surface area contributed by atoms with Crippen molar-refractivity contribution in [2.24, 2.45) is 0 Å². The maximum atomic E-state index is 14.8. The van der Waals surface area contributed by atoms with E-state index >= 15 is 0 Å². The monoisotopic (exact) mass is 429 g/mol. The second kappa shape index (κ2) is 7.99. The summed E-state index contributed by atoms with van der Waals surface area (Å²) in [5, 5.41) is 3.85. The number of nitrogens with zero attached hydrogens (tertiary/aromatic N) is 5. The lowest BCUT2D eigenvalue weighted by molar-refractivity contribution is -0.0125. The SMILES string of the molecule is C[C@@H](c1ncncc1F)[C@@](Cn1cncn1)(OP(=O)(O)O)c1ccc(F)cc1F. The Hall–Kier alpha value is -2.66. The summed E-state index contributed by atoms with van der Waals surface area (Å²) in [6.45, 7) is 0.839. The number of hydrogen-bond donors (Lipinski definition) is 2. The molecule has 0 spiro atoms. The van der Waals surface area contributed by atoms with Crippen molar-refractivity contribution in [3.8, 4) is 0 Å². The first-order chi connectivity index (χ1) is 13.6. The molecular weight excluding hydrogens is 414 g/mol. The molecule has 0 aliphatic heterocycles. The van der Waals surface area contributed by atoms with E-state index in [1.807, 2.05) is 0 Å². The highest BCUT2D eigenvalue weighted by Crippen LogP contribution is 2.52. The Morgan fingerprint density at radius 3 is 2.55 bits per heavy atom. The van der Waals surface area contributed by atoms with E-state index in [0.29, 0.717) is 6.07 Å². The fourth-order valence-electron chi connectivity index (χ4n) is 3.07. The smallest absolute Gasteiger partial charge is 0.303 e. The third-order valence-corrected chi connectivity index (χ3v) is 4.90. The highest BCUT2D eigenvalue weighted by Gasteiger charge is 2.49. The van der Waals surface area contributed by atoms with Gasteiger partial charge in [0.15, 0.2) is 5.82 Å². The minimum absolute atomic E-state index is 0.294. The second-order valence-corrected chi connectivity index (χ2v) is 7.33. The summed E-state index contributed by atoms with van der Waals surface area (Å²) in [4.78, 5) is 30.2. The molecule has 0 aliphatic carbocycles. The molecule has 29 heavy (non-hydrogen) atoms. The van der Waals surface area contributed by atoms with Crippen molar-refractivity contribution in [1.82, 2.24) is 24.7 Å². The third kappa shape index (κ3) is 4.51. The van der Waals surface area contributed by atoms with E-state index < -0.39 is 48.9 Å². The minimum atomic E-state index is -5.28. The number of aromatic nitrogens is 5. The van der Waals surface area contributed by atoms with Gasteiger partial charge in [-0.2, -0.15) is 5.10 Å². The Balaban J connectivity index is 2.29. The molecule has 0 unspecified atom stereocenters. The van der Waals surface area contributed by atoms with Gasteiger partial charge in [-0.15, -0.1) is 0 Å². The van der Waals surface area contributed by atoms with Crippen molar-refractivity contribution in [3.63, 3.8) is 0 Å². The topological polar surface area (TPSA) is 123 Å². The molecule has 0 bridgehead atoms. The van der Waals surface area contributed by atoms with Crippen molar-refractivity contribution in [2.45, 2.75) is 25.0 Å². The predicted octanol–water partition coefficient (Wildman–Crippen LogP) is 2.29. The van der Waals surface area contributed by atoms with Crippen molar-refractivity contribution in [1.29, 1.82) is 0 Å². The summed E-state index contributed by atoms with van der Waals surface area (Å²) in [5.74, 6) is -4.25. The van der Waals surface area contributed by atoms with Gasteiger partial charge in [0.2, 0.25) is 0 Å². The first kappa shape index (κ1) is 21.1. The fraction of sp³-hybridized carbons (Fsp3) is 0.250. The fourth-order valence-corrected chi connectivity index (χ4v) is 3.81. The van der Waals surface area contributed by atoms with E-state index in [1.54, 1.807) is 0 Å². The number of benzene rings is 1. The van der Waals surface area contributed by atoms with Crippen LogP contribution in [0.15, 0.2) is 43.4 Å². The number of hydrogen-bond acceptors (Lipinski definition) is 6. The molecule has 2 atom stereocenters. The lowest BCUT2D eigenvalue weighted by Crippen LogP contribution is -2.41. The van der Waals surface area contributed by atoms with Crippen LogP contribution < -0.4 is 0 Å². The Kier molecular flexibility index (Phi) is 5.80. The van der Waals surface area contributed by atoms with Crippen LogP contribution in [0.2, 0.25) is 0 Å². The van der Waals surface area contributed by atoms with Crippen molar-refractivity contribution in [2.75, 3.05) is 0 Å². The van der Waals surface area contributed by atoms with Crippen LogP contribution in [0.3, 0.4) is 0 Å². The first-order valence-electron chi connectivity index (χ1n) is 8.12. The Morgan fingerprint density at radius 1 is 1.21 bits per heavy atom.